The van der Waals surface area contributed by atoms with E-state index < -0.39 is 17.9 Å². The normalized spacial score (nSPS) is 15.6. The SMILES string of the molecule is CCN1C(=O)[C@@H](NC(=O)C(=O)NCc2cn(C)nc2C)c2cc(Br)ccc21. The van der Waals surface area contributed by atoms with Crippen LogP contribution in [0.3, 0.4) is 0 Å². The molecule has 0 radical (unpaired) electrons. The molecule has 1 aromatic carbocycles. The van der Waals surface area contributed by atoms with E-state index in [4.69, 9.17) is 0 Å². The molecule has 0 unspecified atom stereocenters. The van der Waals surface area contributed by atoms with Crippen LogP contribution in [0.5, 0.6) is 0 Å². The van der Waals surface area contributed by atoms with Crippen molar-refractivity contribution in [2.45, 2.75) is 26.4 Å². The minimum absolute atomic E-state index is 0.188. The average Bonchev–Trinajstić information content (AvgIpc) is 3.08. The van der Waals surface area contributed by atoms with E-state index >= 15 is 0 Å². The Morgan fingerprint density at radius 2 is 2.04 bits per heavy atom. The number of hydrogen-bond acceptors (Lipinski definition) is 4. The van der Waals surface area contributed by atoms with E-state index in [2.05, 4.69) is 31.7 Å². The van der Waals surface area contributed by atoms with Crippen molar-refractivity contribution in [3.8, 4) is 0 Å². The van der Waals surface area contributed by atoms with Gasteiger partial charge in [-0.25, -0.2) is 0 Å². The molecule has 3 rings (SSSR count). The van der Waals surface area contributed by atoms with Crippen LogP contribution in [0.1, 0.15) is 29.8 Å². The third-order valence-corrected chi connectivity index (χ3v) is 4.95. The first kappa shape index (κ1) is 19.1. The number of fused-ring (bicyclic) bond motifs is 1. The van der Waals surface area contributed by atoms with Crippen molar-refractivity contribution in [2.24, 2.45) is 7.05 Å². The molecule has 9 heteroatoms. The highest BCUT2D eigenvalue weighted by Gasteiger charge is 2.38. The number of anilines is 1. The quantitative estimate of drug-likeness (QED) is 0.710. The molecule has 1 atom stereocenters. The first-order chi connectivity index (χ1) is 12.8. The number of carbonyl (C=O) groups is 3. The number of likely N-dealkylation sites (N-methyl/N-ethyl adjacent to an activating group) is 1. The second-order valence-electron chi connectivity index (χ2n) is 6.29. The van der Waals surface area contributed by atoms with Crippen LogP contribution in [0.2, 0.25) is 0 Å². The number of aryl methyl sites for hydroxylation is 2. The highest BCUT2D eigenvalue weighted by molar-refractivity contribution is 9.10. The van der Waals surface area contributed by atoms with Gasteiger partial charge in [-0.15, -0.1) is 0 Å². The number of nitrogens with zero attached hydrogens (tertiary/aromatic N) is 3. The fraction of sp³-hybridized carbons (Fsp3) is 0.333. The van der Waals surface area contributed by atoms with E-state index in [9.17, 15) is 14.4 Å². The van der Waals surface area contributed by atoms with Gasteiger partial charge in [-0.2, -0.15) is 5.10 Å². The number of halogens is 1. The van der Waals surface area contributed by atoms with Gasteiger partial charge < -0.3 is 15.5 Å². The largest absolute Gasteiger partial charge is 0.344 e. The Hall–Kier alpha value is -2.68. The van der Waals surface area contributed by atoms with Crippen LogP contribution in [0, 0.1) is 6.92 Å². The molecule has 2 aromatic rings. The molecule has 1 aliphatic rings. The maximum absolute atomic E-state index is 12.6. The molecule has 0 fully saturated rings. The maximum Gasteiger partial charge on any atom is 0.310 e. The lowest BCUT2D eigenvalue weighted by Gasteiger charge is -2.15. The summed E-state index contributed by atoms with van der Waals surface area (Å²) >= 11 is 3.38. The first-order valence-corrected chi connectivity index (χ1v) is 9.29. The number of carbonyl (C=O) groups excluding carboxylic acids is 3. The Labute approximate surface area is 165 Å². The van der Waals surface area contributed by atoms with Crippen LogP contribution < -0.4 is 15.5 Å². The summed E-state index contributed by atoms with van der Waals surface area (Å²) in [7, 11) is 1.78. The highest BCUT2D eigenvalue weighted by Crippen LogP contribution is 2.37. The molecule has 27 heavy (non-hydrogen) atoms. The number of aromatic nitrogens is 2. The molecule has 2 heterocycles. The summed E-state index contributed by atoms with van der Waals surface area (Å²) in [5, 5.41) is 9.30. The monoisotopic (exact) mass is 433 g/mol. The zero-order chi connectivity index (χ0) is 19.7. The van der Waals surface area contributed by atoms with E-state index in [-0.39, 0.29) is 12.5 Å². The second kappa shape index (κ2) is 7.51. The van der Waals surface area contributed by atoms with Crippen LogP contribution >= 0.6 is 15.9 Å². The highest BCUT2D eigenvalue weighted by atomic mass is 79.9. The molecule has 3 amide bonds. The molecule has 0 spiro atoms. The Morgan fingerprint density at radius 1 is 1.30 bits per heavy atom. The molecular formula is C18H20BrN5O3. The van der Waals surface area contributed by atoms with Crippen molar-refractivity contribution in [3.05, 3.63) is 45.7 Å². The molecule has 0 saturated carbocycles. The smallest absolute Gasteiger partial charge is 0.310 e. The standard InChI is InChI=1S/C18H20BrN5O3/c1-4-24-14-6-5-12(19)7-13(14)15(18(24)27)21-17(26)16(25)20-8-11-9-23(3)22-10(11)2/h5-7,9,15H,4,8H2,1-3H3,(H,20,25)(H,21,26)/t15-/m0/s1. The fourth-order valence-corrected chi connectivity index (χ4v) is 3.53. The summed E-state index contributed by atoms with van der Waals surface area (Å²) in [5.41, 5.74) is 3.01. The fourth-order valence-electron chi connectivity index (χ4n) is 3.15. The van der Waals surface area contributed by atoms with E-state index in [0.717, 1.165) is 21.4 Å². The maximum atomic E-state index is 12.6. The lowest BCUT2D eigenvalue weighted by molar-refractivity contribution is -0.140. The molecule has 1 aromatic heterocycles. The lowest BCUT2D eigenvalue weighted by Crippen LogP contribution is -2.44. The number of nitrogens with one attached hydrogen (secondary N) is 2. The lowest BCUT2D eigenvalue weighted by atomic mass is 10.1. The number of amides is 3. The van der Waals surface area contributed by atoms with Gasteiger partial charge >= 0.3 is 11.8 Å². The number of rotatable bonds is 4. The summed E-state index contributed by atoms with van der Waals surface area (Å²) in [6, 6.07) is 4.56. The topological polar surface area (TPSA) is 96.3 Å². The van der Waals surface area contributed by atoms with Gasteiger partial charge in [0.2, 0.25) is 0 Å². The molecule has 142 valence electrons. The van der Waals surface area contributed by atoms with E-state index in [1.54, 1.807) is 28.9 Å². The van der Waals surface area contributed by atoms with Crippen LogP contribution in [0.25, 0.3) is 0 Å². The zero-order valence-corrected chi connectivity index (χ0v) is 16.8. The third kappa shape index (κ3) is 3.73. The van der Waals surface area contributed by atoms with Gasteiger partial charge in [0.15, 0.2) is 0 Å². The van der Waals surface area contributed by atoms with Gasteiger partial charge in [-0.1, -0.05) is 15.9 Å². The van der Waals surface area contributed by atoms with Crippen molar-refractivity contribution < 1.29 is 14.4 Å². The Morgan fingerprint density at radius 3 is 2.67 bits per heavy atom. The average molecular weight is 434 g/mol. The summed E-state index contributed by atoms with van der Waals surface area (Å²) < 4.78 is 2.44. The first-order valence-electron chi connectivity index (χ1n) is 8.50. The molecule has 0 bridgehead atoms. The predicted octanol–water partition coefficient (Wildman–Crippen LogP) is 1.33. The summed E-state index contributed by atoms with van der Waals surface area (Å²) in [4.78, 5) is 38.7. The minimum Gasteiger partial charge on any atom is -0.344 e. The van der Waals surface area contributed by atoms with Crippen molar-refractivity contribution in [1.82, 2.24) is 20.4 Å². The zero-order valence-electron chi connectivity index (χ0n) is 15.2. The summed E-state index contributed by atoms with van der Waals surface area (Å²) in [5.74, 6) is -1.90. The van der Waals surface area contributed by atoms with Gasteiger partial charge in [0, 0.05) is 47.6 Å². The van der Waals surface area contributed by atoms with Crippen LogP contribution in [-0.2, 0) is 28.0 Å². The summed E-state index contributed by atoms with van der Waals surface area (Å²) in [6.45, 7) is 4.35. The summed E-state index contributed by atoms with van der Waals surface area (Å²) in [6.07, 6.45) is 1.78. The number of benzene rings is 1. The van der Waals surface area contributed by atoms with E-state index in [1.807, 2.05) is 26.0 Å². The van der Waals surface area contributed by atoms with Crippen molar-refractivity contribution in [3.63, 3.8) is 0 Å². The van der Waals surface area contributed by atoms with Crippen LogP contribution in [0.15, 0.2) is 28.9 Å². The Bertz CT molecular complexity index is 924. The minimum atomic E-state index is -0.879. The molecule has 0 saturated heterocycles. The van der Waals surface area contributed by atoms with Gasteiger partial charge in [0.1, 0.15) is 6.04 Å². The predicted molar refractivity (Wildman–Crippen MR) is 103 cm³/mol. The molecule has 0 aliphatic carbocycles. The van der Waals surface area contributed by atoms with Crippen LogP contribution in [-0.4, -0.2) is 34.0 Å². The molecule has 8 nitrogen and oxygen atoms in total. The van der Waals surface area contributed by atoms with Gasteiger partial charge in [0.05, 0.1) is 5.69 Å². The van der Waals surface area contributed by atoms with Crippen molar-refractivity contribution >= 4 is 39.3 Å². The second-order valence-corrected chi connectivity index (χ2v) is 7.20. The van der Waals surface area contributed by atoms with Gasteiger partial charge in [0.25, 0.3) is 5.91 Å². The van der Waals surface area contributed by atoms with Crippen molar-refractivity contribution in [2.75, 3.05) is 11.4 Å². The van der Waals surface area contributed by atoms with E-state index in [1.165, 1.54) is 0 Å². The Kier molecular flexibility index (Phi) is 5.31. The van der Waals surface area contributed by atoms with Gasteiger partial charge in [-0.3, -0.25) is 19.1 Å². The van der Waals surface area contributed by atoms with Crippen LogP contribution in [0.4, 0.5) is 5.69 Å². The molecular weight excluding hydrogens is 414 g/mol. The van der Waals surface area contributed by atoms with Gasteiger partial charge in [-0.05, 0) is 32.0 Å². The third-order valence-electron chi connectivity index (χ3n) is 4.46. The molecule has 2 N–H and O–H groups in total. The Balaban J connectivity index is 1.70. The molecule has 1 aliphatic heterocycles. The van der Waals surface area contributed by atoms with Crippen molar-refractivity contribution in [1.29, 1.82) is 0 Å². The number of hydrogen-bond donors (Lipinski definition) is 2. The van der Waals surface area contributed by atoms with E-state index in [0.29, 0.717) is 12.1 Å².